The maximum absolute atomic E-state index is 12.6. The molecule has 19 nitrogen and oxygen atoms in total. The fourth-order valence-electron chi connectivity index (χ4n) is 6.50. The van der Waals surface area contributed by atoms with Crippen LogP contribution in [0.4, 0.5) is 5.95 Å². The number of rotatable bonds is 9. The van der Waals surface area contributed by atoms with Crippen LogP contribution in [0.2, 0.25) is 0 Å². The molecule has 3 N–H and O–H groups in total. The minimum absolute atomic E-state index is 0.0533. The number of sulfonamides is 2. The van der Waals surface area contributed by atoms with Crippen molar-refractivity contribution in [3.63, 3.8) is 0 Å². The third-order valence-electron chi connectivity index (χ3n) is 10.3. The summed E-state index contributed by atoms with van der Waals surface area (Å²) < 4.78 is 62.7. The highest BCUT2D eigenvalue weighted by Gasteiger charge is 2.26. The number of hydrogen-bond donors (Lipinski definition) is 2. The number of pyridine rings is 2. The third kappa shape index (κ3) is 11.7. The Morgan fingerprint density at radius 2 is 1.22 bits per heavy atom. The highest BCUT2D eigenvalue weighted by Crippen LogP contribution is 2.21. The normalized spacial score (nSPS) is 17.4. The molecule has 2 aliphatic rings. The lowest BCUT2D eigenvalue weighted by molar-refractivity contribution is 0.322. The molecule has 2 saturated heterocycles. The van der Waals surface area contributed by atoms with Gasteiger partial charge in [0, 0.05) is 79.8 Å². The fraction of sp³-hybridized carbons (Fsp3) is 0.568. The Balaban J connectivity index is 0.000000215. The van der Waals surface area contributed by atoms with Crippen molar-refractivity contribution in [1.82, 2.24) is 37.7 Å². The number of aromatic nitrogens is 6. The molecular weight excluding hydrogens is 821 g/mol. The summed E-state index contributed by atoms with van der Waals surface area (Å²) in [5.41, 5.74) is 5.94. The van der Waals surface area contributed by atoms with E-state index in [1.54, 1.807) is 10.8 Å². The first kappa shape index (κ1) is 47.0. The highest BCUT2D eigenvalue weighted by molar-refractivity contribution is 7.88. The standard InChI is InChI=1S/C18H24N6O3S.C13H14N4O2S.C6H14N2O2S/c1-4-12(2)24-16-14(9-13(10-19)17(24)25)11-20-18(22-16)21-15-5-7-23(8-6-15)28(3,26)27;1-4-8(2)17-11-10(5-9(6-14)12(17)18)7-15-13(16-11)20(3)19;1-11(9,10)8-4-2-6(7)3-5-8/h9,11-12,15H,4-8H2,1-3H3,(H,20,21,22);5,7-8H,4H2,1-3H3;6H,2-5,7H2,1H3. The van der Waals surface area contributed by atoms with Gasteiger partial charge in [-0.05, 0) is 64.5 Å². The van der Waals surface area contributed by atoms with E-state index in [1.807, 2.05) is 39.8 Å². The molecule has 0 aliphatic carbocycles. The van der Waals surface area contributed by atoms with Crippen LogP contribution >= 0.6 is 0 Å². The van der Waals surface area contributed by atoms with E-state index in [4.69, 9.17) is 11.0 Å². The molecule has 3 unspecified atom stereocenters. The molecule has 2 aliphatic heterocycles. The van der Waals surface area contributed by atoms with Gasteiger partial charge in [-0.15, -0.1) is 0 Å². The van der Waals surface area contributed by atoms with Gasteiger partial charge < -0.3 is 11.1 Å². The first-order chi connectivity index (χ1) is 27.7. The molecule has 6 rings (SSSR count). The van der Waals surface area contributed by atoms with Crippen molar-refractivity contribution >= 4 is 58.9 Å². The van der Waals surface area contributed by atoms with Crippen LogP contribution in [0, 0.1) is 22.7 Å². The van der Waals surface area contributed by atoms with Crippen molar-refractivity contribution in [2.24, 2.45) is 5.73 Å². The van der Waals surface area contributed by atoms with Gasteiger partial charge in [0.15, 0.2) is 0 Å². The van der Waals surface area contributed by atoms with Crippen LogP contribution in [0.15, 0.2) is 39.3 Å². The second kappa shape index (κ2) is 20.0. The number of anilines is 1. The number of hydrogen-bond acceptors (Lipinski definition) is 15. The molecule has 0 amide bonds. The maximum atomic E-state index is 12.6. The highest BCUT2D eigenvalue weighted by atomic mass is 32.2. The number of piperidine rings is 2. The summed E-state index contributed by atoms with van der Waals surface area (Å²) in [5, 5.41) is 22.9. The lowest BCUT2D eigenvalue weighted by atomic mass is 10.1. The Morgan fingerprint density at radius 1 is 0.797 bits per heavy atom. The molecule has 320 valence electrons. The van der Waals surface area contributed by atoms with Crippen molar-refractivity contribution in [1.29, 1.82) is 10.5 Å². The number of nitriles is 2. The van der Waals surface area contributed by atoms with Crippen LogP contribution in [-0.4, -0.2) is 116 Å². The van der Waals surface area contributed by atoms with Crippen LogP contribution in [-0.2, 0) is 30.8 Å². The molecule has 4 aromatic heterocycles. The van der Waals surface area contributed by atoms with Gasteiger partial charge in [0.1, 0.15) is 34.6 Å². The Morgan fingerprint density at radius 3 is 1.63 bits per heavy atom. The van der Waals surface area contributed by atoms with E-state index >= 15 is 0 Å². The maximum Gasteiger partial charge on any atom is 0.270 e. The van der Waals surface area contributed by atoms with Gasteiger partial charge in [-0.1, -0.05) is 13.8 Å². The molecule has 0 saturated carbocycles. The van der Waals surface area contributed by atoms with Crippen LogP contribution in [0.25, 0.3) is 22.1 Å². The zero-order chi connectivity index (χ0) is 43.8. The molecule has 22 heteroatoms. The van der Waals surface area contributed by atoms with E-state index in [9.17, 15) is 35.9 Å². The number of nitrogens with two attached hydrogens (primary N) is 1. The van der Waals surface area contributed by atoms with Crippen molar-refractivity contribution in [2.75, 3.05) is 50.3 Å². The average Bonchev–Trinajstić information content (AvgIpc) is 3.19. The summed E-state index contributed by atoms with van der Waals surface area (Å²) in [6.45, 7) is 9.78. The Kier molecular flexibility index (Phi) is 15.9. The summed E-state index contributed by atoms with van der Waals surface area (Å²) in [6.07, 6.45) is 11.4. The van der Waals surface area contributed by atoms with Gasteiger partial charge in [-0.3, -0.25) is 22.9 Å². The summed E-state index contributed by atoms with van der Waals surface area (Å²) in [7, 11) is -7.47. The minimum atomic E-state index is -3.17. The topological polar surface area (TPSA) is 273 Å². The monoisotopic (exact) mass is 872 g/mol. The first-order valence-electron chi connectivity index (χ1n) is 19.1. The summed E-state index contributed by atoms with van der Waals surface area (Å²) in [4.78, 5) is 42.0. The van der Waals surface area contributed by atoms with Gasteiger partial charge in [-0.2, -0.15) is 15.5 Å². The second-order valence-electron chi connectivity index (χ2n) is 14.6. The molecule has 3 atom stereocenters. The summed E-state index contributed by atoms with van der Waals surface area (Å²) >= 11 is 0. The lowest BCUT2D eigenvalue weighted by Crippen LogP contribution is -2.42. The van der Waals surface area contributed by atoms with E-state index in [0.29, 0.717) is 67.0 Å². The van der Waals surface area contributed by atoms with E-state index < -0.39 is 30.8 Å². The summed E-state index contributed by atoms with van der Waals surface area (Å²) in [6, 6.07) is 6.86. The van der Waals surface area contributed by atoms with E-state index in [-0.39, 0.29) is 51.6 Å². The van der Waals surface area contributed by atoms with Gasteiger partial charge in [0.25, 0.3) is 11.1 Å². The average molecular weight is 873 g/mol. The van der Waals surface area contributed by atoms with Crippen molar-refractivity contribution in [3.05, 3.63) is 56.4 Å². The SMILES string of the molecule is CCC(C)n1c(=O)c(C#N)cc2cnc(NC3CCN(S(C)(=O)=O)CC3)nc21.CCC(C)n1c(=O)c(C#N)cc2cnc(S(C)=O)nc21.CS(=O)(=O)N1CCC(N)CC1. The van der Waals surface area contributed by atoms with E-state index in [1.165, 1.54) is 50.3 Å². The molecule has 0 bridgehead atoms. The van der Waals surface area contributed by atoms with Crippen molar-refractivity contribution < 1.29 is 21.0 Å². The molecule has 0 spiro atoms. The molecular formula is C37H52N12O7S3. The van der Waals surface area contributed by atoms with E-state index in [2.05, 4.69) is 25.3 Å². The zero-order valence-electron chi connectivity index (χ0n) is 34.3. The third-order valence-corrected chi connectivity index (χ3v) is 13.6. The van der Waals surface area contributed by atoms with Gasteiger partial charge in [0.05, 0.1) is 23.3 Å². The zero-order valence-corrected chi connectivity index (χ0v) is 36.8. The molecule has 6 heterocycles. The van der Waals surface area contributed by atoms with Crippen LogP contribution in [0.1, 0.15) is 89.4 Å². The van der Waals surface area contributed by atoms with Crippen molar-refractivity contribution in [2.45, 2.75) is 95.5 Å². The fourth-order valence-corrected chi connectivity index (χ4v) is 8.66. The summed E-state index contributed by atoms with van der Waals surface area (Å²) in [5.74, 6) is 0.395. The molecule has 4 aromatic rings. The smallest absolute Gasteiger partial charge is 0.270 e. The van der Waals surface area contributed by atoms with Crippen LogP contribution < -0.4 is 22.2 Å². The largest absolute Gasteiger partial charge is 0.351 e. The quantitative estimate of drug-likeness (QED) is 0.228. The van der Waals surface area contributed by atoms with Gasteiger partial charge in [0.2, 0.25) is 31.2 Å². The van der Waals surface area contributed by atoms with Crippen LogP contribution in [0.5, 0.6) is 0 Å². The van der Waals surface area contributed by atoms with Crippen molar-refractivity contribution in [3.8, 4) is 12.1 Å². The Hall–Kier alpha value is -4.71. The molecule has 0 radical (unpaired) electrons. The Bertz CT molecular complexity index is 2610. The van der Waals surface area contributed by atoms with Gasteiger partial charge in [-0.25, -0.2) is 40.4 Å². The lowest BCUT2D eigenvalue weighted by Gasteiger charge is -2.30. The predicted molar refractivity (Wildman–Crippen MR) is 226 cm³/mol. The molecule has 0 aromatic carbocycles. The predicted octanol–water partition coefficient (Wildman–Crippen LogP) is 2.21. The van der Waals surface area contributed by atoms with E-state index in [0.717, 1.165) is 25.7 Å². The number of fused-ring (bicyclic) bond motifs is 2. The number of nitrogens with zero attached hydrogens (tertiary/aromatic N) is 10. The number of nitrogens with one attached hydrogen (secondary N) is 1. The van der Waals surface area contributed by atoms with Gasteiger partial charge >= 0.3 is 0 Å². The minimum Gasteiger partial charge on any atom is -0.351 e. The van der Waals surface area contributed by atoms with Crippen LogP contribution in [0.3, 0.4) is 0 Å². The second-order valence-corrected chi connectivity index (χ2v) is 19.9. The molecule has 59 heavy (non-hydrogen) atoms. The molecule has 2 fully saturated rings. The Labute approximate surface area is 346 Å². The first-order valence-corrected chi connectivity index (χ1v) is 24.4.